The number of furan rings is 1. The average molecular weight is 288 g/mol. The summed E-state index contributed by atoms with van der Waals surface area (Å²) in [7, 11) is 0. The average Bonchev–Trinajstić information content (AvgIpc) is 3.25. The lowest BCUT2D eigenvalue weighted by Gasteiger charge is -2.41. The number of nitrogens with one attached hydrogen (secondary N) is 1. The van der Waals surface area contributed by atoms with E-state index in [2.05, 4.69) is 22.3 Å². The highest BCUT2D eigenvalue weighted by Gasteiger charge is 2.31. The van der Waals surface area contributed by atoms with Crippen molar-refractivity contribution in [2.75, 3.05) is 13.1 Å². The predicted octanol–water partition coefficient (Wildman–Crippen LogP) is 3.54. The molecule has 0 radical (unpaired) electrons. The Balaban J connectivity index is 1.29. The number of piperidine rings is 1. The molecular formula is C18H28N2O. The minimum atomic E-state index is 0.754. The third-order valence-electron chi connectivity index (χ3n) is 5.61. The lowest BCUT2D eigenvalue weighted by Crippen LogP contribution is -2.41. The topological polar surface area (TPSA) is 28.4 Å². The summed E-state index contributed by atoms with van der Waals surface area (Å²) in [5.74, 6) is 4.23. The Morgan fingerprint density at radius 1 is 1.00 bits per heavy atom. The third kappa shape index (κ3) is 3.51. The summed E-state index contributed by atoms with van der Waals surface area (Å²) in [6.45, 7) is 4.46. The molecule has 0 aromatic carbocycles. The first-order valence-electron chi connectivity index (χ1n) is 8.90. The highest BCUT2D eigenvalue weighted by molar-refractivity contribution is 5.08. The molecule has 3 nitrogen and oxygen atoms in total. The van der Waals surface area contributed by atoms with Crippen LogP contribution in [0.1, 0.15) is 56.5 Å². The van der Waals surface area contributed by atoms with Crippen molar-refractivity contribution in [1.29, 1.82) is 0 Å². The van der Waals surface area contributed by atoms with Crippen molar-refractivity contribution < 1.29 is 4.42 Å². The largest absolute Gasteiger partial charge is 0.463 e. The second-order valence-electron chi connectivity index (χ2n) is 7.35. The molecule has 0 amide bonds. The van der Waals surface area contributed by atoms with Gasteiger partial charge in [-0.25, -0.2) is 0 Å². The van der Waals surface area contributed by atoms with E-state index < -0.39 is 0 Å². The molecule has 3 heteroatoms. The normalized spacial score (nSPS) is 30.3. The van der Waals surface area contributed by atoms with Crippen molar-refractivity contribution in [3.63, 3.8) is 0 Å². The Kier molecular flexibility index (Phi) is 4.04. The van der Waals surface area contributed by atoms with E-state index in [0.717, 1.165) is 42.5 Å². The Labute approximate surface area is 128 Å². The molecule has 21 heavy (non-hydrogen) atoms. The van der Waals surface area contributed by atoms with Crippen molar-refractivity contribution in [3.05, 3.63) is 23.7 Å². The molecule has 4 rings (SSSR count). The van der Waals surface area contributed by atoms with Gasteiger partial charge in [0.15, 0.2) is 0 Å². The van der Waals surface area contributed by atoms with Gasteiger partial charge in [0.1, 0.15) is 11.5 Å². The number of hydrogen-bond donors (Lipinski definition) is 1. The zero-order valence-electron chi connectivity index (χ0n) is 13.0. The van der Waals surface area contributed by atoms with Gasteiger partial charge >= 0.3 is 0 Å². The van der Waals surface area contributed by atoms with Crippen LogP contribution >= 0.6 is 0 Å². The predicted molar refractivity (Wildman–Crippen MR) is 83.9 cm³/mol. The quantitative estimate of drug-likeness (QED) is 0.898. The molecule has 1 N–H and O–H groups in total. The maximum atomic E-state index is 6.00. The van der Waals surface area contributed by atoms with Gasteiger partial charge in [-0.05, 0) is 56.2 Å². The molecule has 0 spiro atoms. The molecule has 3 aliphatic rings. The molecule has 1 saturated heterocycles. The molecule has 116 valence electrons. The van der Waals surface area contributed by atoms with Gasteiger partial charge in [-0.3, -0.25) is 4.90 Å². The van der Waals surface area contributed by atoms with E-state index >= 15 is 0 Å². The summed E-state index contributed by atoms with van der Waals surface area (Å²) in [6, 6.07) is 5.08. The first kappa shape index (κ1) is 13.8. The third-order valence-corrected chi connectivity index (χ3v) is 5.61. The minimum Gasteiger partial charge on any atom is -0.463 e. The highest BCUT2D eigenvalue weighted by atomic mass is 16.3. The number of rotatable bonds is 5. The van der Waals surface area contributed by atoms with Gasteiger partial charge in [0, 0.05) is 12.6 Å². The van der Waals surface area contributed by atoms with Gasteiger partial charge in [0.2, 0.25) is 0 Å². The van der Waals surface area contributed by atoms with Gasteiger partial charge in [-0.2, -0.15) is 0 Å². The van der Waals surface area contributed by atoms with Crippen molar-refractivity contribution in [2.45, 2.75) is 64.1 Å². The van der Waals surface area contributed by atoms with Crippen LogP contribution in [0.2, 0.25) is 0 Å². The number of nitrogens with zero attached hydrogens (tertiary/aromatic N) is 1. The molecule has 3 fully saturated rings. The summed E-state index contributed by atoms with van der Waals surface area (Å²) in [4.78, 5) is 2.61. The lowest BCUT2D eigenvalue weighted by molar-refractivity contribution is 0.0771. The van der Waals surface area contributed by atoms with Crippen LogP contribution in [0.25, 0.3) is 0 Å². The first-order chi connectivity index (χ1) is 10.4. The van der Waals surface area contributed by atoms with E-state index in [1.54, 1.807) is 0 Å². The molecule has 2 unspecified atom stereocenters. The Morgan fingerprint density at radius 2 is 1.81 bits per heavy atom. The molecular weight excluding hydrogens is 260 g/mol. The smallest absolute Gasteiger partial charge is 0.118 e. The molecule has 0 bridgehead atoms. The summed E-state index contributed by atoms with van der Waals surface area (Å²) >= 11 is 0. The van der Waals surface area contributed by atoms with Crippen LogP contribution in [-0.4, -0.2) is 24.0 Å². The van der Waals surface area contributed by atoms with Crippen LogP contribution in [0.5, 0.6) is 0 Å². The van der Waals surface area contributed by atoms with Crippen LogP contribution in [0.15, 0.2) is 16.5 Å². The number of hydrogen-bond acceptors (Lipinski definition) is 3. The molecule has 2 heterocycles. The Morgan fingerprint density at radius 3 is 2.67 bits per heavy atom. The Bertz CT molecular complexity index is 466. The maximum Gasteiger partial charge on any atom is 0.118 e. The van der Waals surface area contributed by atoms with E-state index in [0.29, 0.717) is 0 Å². The summed E-state index contributed by atoms with van der Waals surface area (Å²) in [6.07, 6.45) is 9.94. The zero-order chi connectivity index (χ0) is 14.1. The molecule has 1 aromatic heterocycles. The fourth-order valence-corrected chi connectivity index (χ4v) is 4.17. The second-order valence-corrected chi connectivity index (χ2v) is 7.35. The van der Waals surface area contributed by atoms with E-state index in [-0.39, 0.29) is 0 Å². The van der Waals surface area contributed by atoms with Crippen LogP contribution in [0, 0.1) is 11.8 Å². The fourth-order valence-electron chi connectivity index (χ4n) is 4.17. The van der Waals surface area contributed by atoms with Crippen LogP contribution in [-0.2, 0) is 13.1 Å². The van der Waals surface area contributed by atoms with Crippen LogP contribution < -0.4 is 5.32 Å². The van der Waals surface area contributed by atoms with Crippen molar-refractivity contribution in [2.24, 2.45) is 11.8 Å². The summed E-state index contributed by atoms with van der Waals surface area (Å²) < 4.78 is 6.00. The second kappa shape index (κ2) is 6.13. The molecule has 1 aromatic rings. The van der Waals surface area contributed by atoms with E-state index in [4.69, 9.17) is 4.42 Å². The van der Waals surface area contributed by atoms with Gasteiger partial charge in [-0.1, -0.05) is 19.3 Å². The SMILES string of the molecule is c1cc(CN2CCC3CCCCC3C2)oc1CNC1CC1. The van der Waals surface area contributed by atoms with Gasteiger partial charge in [0.25, 0.3) is 0 Å². The van der Waals surface area contributed by atoms with Gasteiger partial charge in [0.05, 0.1) is 13.1 Å². The van der Waals surface area contributed by atoms with E-state index in [9.17, 15) is 0 Å². The Hall–Kier alpha value is -0.800. The lowest BCUT2D eigenvalue weighted by atomic mass is 9.75. The number of likely N-dealkylation sites (tertiary alicyclic amines) is 1. The van der Waals surface area contributed by atoms with E-state index in [1.165, 1.54) is 58.0 Å². The maximum absolute atomic E-state index is 6.00. The minimum absolute atomic E-state index is 0.754. The summed E-state index contributed by atoms with van der Waals surface area (Å²) in [5.41, 5.74) is 0. The molecule has 1 aliphatic heterocycles. The van der Waals surface area contributed by atoms with Crippen LogP contribution in [0.3, 0.4) is 0 Å². The van der Waals surface area contributed by atoms with Gasteiger partial charge in [-0.15, -0.1) is 0 Å². The van der Waals surface area contributed by atoms with Crippen LogP contribution in [0.4, 0.5) is 0 Å². The van der Waals surface area contributed by atoms with Crippen molar-refractivity contribution in [1.82, 2.24) is 10.2 Å². The van der Waals surface area contributed by atoms with Gasteiger partial charge < -0.3 is 9.73 Å². The van der Waals surface area contributed by atoms with E-state index in [1.807, 2.05) is 0 Å². The highest BCUT2D eigenvalue weighted by Crippen LogP contribution is 2.36. The van der Waals surface area contributed by atoms with Crippen molar-refractivity contribution >= 4 is 0 Å². The number of fused-ring (bicyclic) bond motifs is 1. The first-order valence-corrected chi connectivity index (χ1v) is 8.90. The molecule has 2 atom stereocenters. The standard InChI is InChI=1S/C18H28N2O/c1-2-4-15-12-20(10-9-14(15)3-1)13-18-8-7-17(21-18)11-19-16-5-6-16/h7-8,14-16,19H,1-6,9-13H2. The fraction of sp³-hybridized carbons (Fsp3) is 0.778. The molecule has 2 saturated carbocycles. The molecule has 2 aliphatic carbocycles. The monoisotopic (exact) mass is 288 g/mol. The zero-order valence-corrected chi connectivity index (χ0v) is 13.0. The van der Waals surface area contributed by atoms with Crippen molar-refractivity contribution in [3.8, 4) is 0 Å². The summed E-state index contributed by atoms with van der Waals surface area (Å²) in [5, 5.41) is 3.52.